The number of ether oxygens (including phenoxy) is 1. The van der Waals surface area contributed by atoms with E-state index in [0.29, 0.717) is 11.6 Å². The van der Waals surface area contributed by atoms with Crippen LogP contribution in [-0.4, -0.2) is 23.1 Å². The predicted octanol–water partition coefficient (Wildman–Crippen LogP) is 5.73. The molecule has 0 bridgehead atoms. The van der Waals surface area contributed by atoms with Crippen molar-refractivity contribution in [2.75, 3.05) is 13.1 Å². The van der Waals surface area contributed by atoms with Crippen LogP contribution in [0.15, 0.2) is 30.3 Å². The van der Waals surface area contributed by atoms with Crippen LogP contribution in [0, 0.1) is 19.8 Å². The molecule has 1 saturated heterocycles. The van der Waals surface area contributed by atoms with Gasteiger partial charge >= 0.3 is 0 Å². The van der Waals surface area contributed by atoms with Gasteiger partial charge in [0, 0.05) is 5.02 Å². The zero-order valence-electron chi connectivity index (χ0n) is 17.4. The molecule has 1 unspecified atom stereocenters. The maximum atomic E-state index is 5.94. The maximum Gasteiger partial charge on any atom is 0.146 e. The van der Waals surface area contributed by atoms with E-state index in [1.807, 2.05) is 24.3 Å². The Balaban J connectivity index is 1.47. The van der Waals surface area contributed by atoms with Crippen molar-refractivity contribution in [3.8, 4) is 5.75 Å². The zero-order valence-corrected chi connectivity index (χ0v) is 18.1. The normalized spacial score (nSPS) is 17.0. The number of aryl methyl sites for hydroxylation is 2. The molecule has 1 atom stereocenters. The zero-order chi connectivity index (χ0) is 20.2. The molecule has 2 aromatic carbocycles. The van der Waals surface area contributed by atoms with Crippen LogP contribution in [0.3, 0.4) is 0 Å². The van der Waals surface area contributed by atoms with Gasteiger partial charge in [0.15, 0.2) is 0 Å². The molecule has 0 spiro atoms. The number of piperidine rings is 1. The van der Waals surface area contributed by atoms with E-state index in [-0.39, 0.29) is 0 Å². The average Bonchev–Trinajstić information content (AvgIpc) is 3.13. The average molecular weight is 412 g/mol. The summed E-state index contributed by atoms with van der Waals surface area (Å²) in [7, 11) is 0. The minimum absolute atomic E-state index is 0.418. The summed E-state index contributed by atoms with van der Waals surface area (Å²) in [6.45, 7) is 7.19. The molecule has 1 fully saturated rings. The highest BCUT2D eigenvalue weighted by molar-refractivity contribution is 6.30. The van der Waals surface area contributed by atoms with E-state index in [4.69, 9.17) is 21.3 Å². The first-order valence-electron chi connectivity index (χ1n) is 10.7. The van der Waals surface area contributed by atoms with Gasteiger partial charge in [-0.25, -0.2) is 4.98 Å². The van der Waals surface area contributed by atoms with Gasteiger partial charge < -0.3 is 15.0 Å². The van der Waals surface area contributed by atoms with Crippen LogP contribution >= 0.6 is 11.6 Å². The Labute approximate surface area is 178 Å². The van der Waals surface area contributed by atoms with Crippen molar-refractivity contribution in [1.29, 1.82) is 0 Å². The van der Waals surface area contributed by atoms with Crippen molar-refractivity contribution in [1.82, 2.24) is 15.3 Å². The molecule has 0 aliphatic carbocycles. The van der Waals surface area contributed by atoms with Crippen molar-refractivity contribution in [3.05, 3.63) is 57.9 Å². The molecule has 1 aliphatic heterocycles. The molecule has 154 valence electrons. The van der Waals surface area contributed by atoms with Crippen LogP contribution in [0.4, 0.5) is 0 Å². The van der Waals surface area contributed by atoms with Crippen LogP contribution in [0.25, 0.3) is 11.0 Å². The van der Waals surface area contributed by atoms with Crippen LogP contribution in [0.2, 0.25) is 5.02 Å². The SMILES string of the molecule is Cc1cc2[nH]c(COc3ccc(Cl)cc3)nc2c(CCCC2CCCNC2)c1C. The number of hydrogen-bond donors (Lipinski definition) is 2. The third-order valence-corrected chi connectivity index (χ3v) is 6.35. The van der Waals surface area contributed by atoms with Crippen LogP contribution in [-0.2, 0) is 13.0 Å². The van der Waals surface area contributed by atoms with Gasteiger partial charge in [0.2, 0.25) is 0 Å². The highest BCUT2D eigenvalue weighted by Gasteiger charge is 2.16. The molecule has 0 radical (unpaired) electrons. The second-order valence-corrected chi connectivity index (χ2v) is 8.66. The molecule has 1 aliphatic rings. The minimum Gasteiger partial charge on any atom is -0.486 e. The van der Waals surface area contributed by atoms with E-state index in [1.54, 1.807) is 0 Å². The molecular weight excluding hydrogens is 382 g/mol. The molecule has 4 nitrogen and oxygen atoms in total. The second kappa shape index (κ2) is 9.19. The summed E-state index contributed by atoms with van der Waals surface area (Å²) in [4.78, 5) is 8.35. The molecule has 2 N–H and O–H groups in total. The molecule has 1 aromatic heterocycles. The number of H-pyrrole nitrogens is 1. The van der Waals surface area contributed by atoms with E-state index in [1.165, 1.54) is 55.5 Å². The molecule has 2 heterocycles. The highest BCUT2D eigenvalue weighted by atomic mass is 35.5. The first-order valence-corrected chi connectivity index (χ1v) is 11.0. The van der Waals surface area contributed by atoms with Gasteiger partial charge in [0.1, 0.15) is 18.2 Å². The largest absolute Gasteiger partial charge is 0.486 e. The standard InChI is InChI=1S/C24H30ClN3O/c1-16-13-22-24(21(17(16)2)7-3-5-18-6-4-12-26-14-18)28-23(27-22)15-29-20-10-8-19(25)9-11-20/h8-11,13,18,26H,3-7,12,14-15H2,1-2H3,(H,27,28). The Bertz CT molecular complexity index is 958. The van der Waals surface area contributed by atoms with Crippen molar-refractivity contribution >= 4 is 22.6 Å². The van der Waals surface area contributed by atoms with Crippen LogP contribution in [0.1, 0.15) is 48.2 Å². The number of nitrogens with one attached hydrogen (secondary N) is 2. The third-order valence-electron chi connectivity index (χ3n) is 6.10. The van der Waals surface area contributed by atoms with Gasteiger partial charge in [-0.15, -0.1) is 0 Å². The maximum absolute atomic E-state index is 5.94. The molecule has 0 amide bonds. The van der Waals surface area contributed by atoms with Gasteiger partial charge in [0.05, 0.1) is 11.0 Å². The number of hydrogen-bond acceptors (Lipinski definition) is 3. The molecular formula is C24H30ClN3O. The lowest BCUT2D eigenvalue weighted by atomic mass is 9.91. The Morgan fingerprint density at radius 3 is 2.79 bits per heavy atom. The quantitative estimate of drug-likeness (QED) is 0.521. The monoisotopic (exact) mass is 411 g/mol. The number of fused-ring (bicyclic) bond motifs is 1. The van der Waals surface area contributed by atoms with E-state index >= 15 is 0 Å². The topological polar surface area (TPSA) is 49.9 Å². The van der Waals surface area contributed by atoms with Gasteiger partial charge in [0.25, 0.3) is 0 Å². The lowest BCUT2D eigenvalue weighted by Crippen LogP contribution is -2.29. The van der Waals surface area contributed by atoms with Crippen molar-refractivity contribution in [2.45, 2.75) is 52.6 Å². The van der Waals surface area contributed by atoms with Crippen LogP contribution in [0.5, 0.6) is 5.75 Å². The molecule has 3 aromatic rings. The summed E-state index contributed by atoms with van der Waals surface area (Å²) in [6, 6.07) is 9.64. The van der Waals surface area contributed by atoms with Gasteiger partial charge in [-0.2, -0.15) is 0 Å². The summed E-state index contributed by atoms with van der Waals surface area (Å²) in [6.07, 6.45) is 6.27. The molecule has 29 heavy (non-hydrogen) atoms. The predicted molar refractivity (Wildman–Crippen MR) is 120 cm³/mol. The number of imidazole rings is 1. The first kappa shape index (κ1) is 20.2. The van der Waals surface area contributed by atoms with Crippen molar-refractivity contribution in [3.63, 3.8) is 0 Å². The smallest absolute Gasteiger partial charge is 0.146 e. The summed E-state index contributed by atoms with van der Waals surface area (Å²) >= 11 is 5.94. The second-order valence-electron chi connectivity index (χ2n) is 8.22. The summed E-state index contributed by atoms with van der Waals surface area (Å²) < 4.78 is 5.88. The molecule has 5 heteroatoms. The minimum atomic E-state index is 0.418. The fourth-order valence-corrected chi connectivity index (χ4v) is 4.43. The summed E-state index contributed by atoms with van der Waals surface area (Å²) in [5, 5.41) is 4.24. The lowest BCUT2D eigenvalue weighted by molar-refractivity contribution is 0.297. The number of benzene rings is 2. The summed E-state index contributed by atoms with van der Waals surface area (Å²) in [5.41, 5.74) is 6.29. The fourth-order valence-electron chi connectivity index (χ4n) is 4.31. The first-order chi connectivity index (χ1) is 14.1. The van der Waals surface area contributed by atoms with Gasteiger partial charge in [-0.05, 0) is 112 Å². The Hall–Kier alpha value is -2.04. The van der Waals surface area contributed by atoms with E-state index in [0.717, 1.165) is 34.9 Å². The molecule has 0 saturated carbocycles. The van der Waals surface area contributed by atoms with E-state index in [9.17, 15) is 0 Å². The van der Waals surface area contributed by atoms with Crippen molar-refractivity contribution in [2.24, 2.45) is 5.92 Å². The summed E-state index contributed by atoms with van der Waals surface area (Å²) in [5.74, 6) is 2.48. The van der Waals surface area contributed by atoms with Gasteiger partial charge in [-0.3, -0.25) is 0 Å². The third kappa shape index (κ3) is 4.93. The van der Waals surface area contributed by atoms with Crippen LogP contribution < -0.4 is 10.1 Å². The number of rotatable bonds is 7. The Morgan fingerprint density at radius 2 is 2.03 bits per heavy atom. The number of halogens is 1. The highest BCUT2D eigenvalue weighted by Crippen LogP contribution is 2.27. The Morgan fingerprint density at radius 1 is 1.21 bits per heavy atom. The number of aromatic nitrogens is 2. The van der Waals surface area contributed by atoms with Gasteiger partial charge in [-0.1, -0.05) is 11.6 Å². The molecule has 4 rings (SSSR count). The number of nitrogens with zero attached hydrogens (tertiary/aromatic N) is 1. The van der Waals surface area contributed by atoms with E-state index in [2.05, 4.69) is 30.2 Å². The number of aromatic amines is 1. The van der Waals surface area contributed by atoms with E-state index < -0.39 is 0 Å². The lowest BCUT2D eigenvalue weighted by Gasteiger charge is -2.22. The Kier molecular flexibility index (Phi) is 6.41. The fraction of sp³-hybridized carbons (Fsp3) is 0.458. The van der Waals surface area contributed by atoms with Crippen molar-refractivity contribution < 1.29 is 4.74 Å².